The number of aromatic amines is 1. The molecule has 0 saturated carbocycles. The number of nitrogens with zero attached hydrogens (tertiary/aromatic N) is 1. The number of hydrogen-bond acceptors (Lipinski definition) is 11. The molecule has 2 aliphatic heterocycles. The SMILES string of the molecule is [B]C1CC(OP(C)(=S)OCC)C(COP(C)(=O)OC2CC(n3cc([CH2-])c(=O)[nH]c3=O)OC2CO)O1.[Fe]. The predicted octanol–water partition coefficient (Wildman–Crippen LogP) is 0.865. The van der Waals surface area contributed by atoms with Crippen molar-refractivity contribution in [2.24, 2.45) is 0 Å². The molecule has 0 bridgehead atoms. The zero-order chi connectivity index (χ0) is 26.0. The summed E-state index contributed by atoms with van der Waals surface area (Å²) in [5.41, 5.74) is -1.25. The Morgan fingerprint density at radius 2 is 1.89 bits per heavy atom. The Kier molecular flexibility index (Phi) is 11.7. The Labute approximate surface area is 226 Å². The zero-order valence-corrected chi connectivity index (χ0v) is 23.8. The molecule has 0 amide bonds. The van der Waals surface area contributed by atoms with E-state index in [-0.39, 0.29) is 35.7 Å². The van der Waals surface area contributed by atoms with Crippen molar-refractivity contribution < 1.29 is 54.3 Å². The van der Waals surface area contributed by atoms with E-state index in [1.807, 2.05) is 6.92 Å². The van der Waals surface area contributed by atoms with Crippen LogP contribution in [0, 0.1) is 6.92 Å². The summed E-state index contributed by atoms with van der Waals surface area (Å²) in [4.78, 5) is 25.9. The Hall–Kier alpha value is -0.266. The van der Waals surface area contributed by atoms with Gasteiger partial charge in [0.05, 0.1) is 32.0 Å². The third kappa shape index (κ3) is 8.37. The van der Waals surface area contributed by atoms with Crippen LogP contribution in [0.4, 0.5) is 0 Å². The van der Waals surface area contributed by atoms with E-state index in [1.54, 1.807) is 6.66 Å². The summed E-state index contributed by atoms with van der Waals surface area (Å²) < 4.78 is 48.3. The standard InChI is InChI=1S/C19H30BN2O10P2S.Fe/c1-5-27-34(4,35)32-12-6-16(20)29-15(12)10-28-33(3,26)31-13-7-17(30-14(13)9-23)22-8-11(2)18(24)21-19(22)25;/h8,12-17,23H,2,5-7,9-10H2,1,3-4H3,(H,21,24,25);/q-1;. The third-order valence-corrected chi connectivity index (χ3v) is 8.66. The zero-order valence-electron chi connectivity index (χ0n) is 20.1. The van der Waals surface area contributed by atoms with Gasteiger partial charge in [0, 0.05) is 42.8 Å². The summed E-state index contributed by atoms with van der Waals surface area (Å²) >= 11 is 5.39. The molecule has 8 unspecified atom stereocenters. The average molecular weight is 607 g/mol. The fourth-order valence-electron chi connectivity index (χ4n) is 3.89. The van der Waals surface area contributed by atoms with Gasteiger partial charge in [-0.3, -0.25) is 4.57 Å². The Morgan fingerprint density at radius 1 is 1.22 bits per heavy atom. The third-order valence-electron chi connectivity index (χ3n) is 5.43. The minimum absolute atomic E-state index is 0. The van der Waals surface area contributed by atoms with Gasteiger partial charge in [-0.25, -0.2) is 4.79 Å². The van der Waals surface area contributed by atoms with Crippen molar-refractivity contribution in [3.63, 3.8) is 0 Å². The molecule has 2 aliphatic rings. The largest absolute Gasteiger partial charge is 0.394 e. The Morgan fingerprint density at radius 3 is 2.53 bits per heavy atom. The molecular formula is C19H30BFeN2O10P2S-. The number of hydrogen-bond donors (Lipinski definition) is 2. The van der Waals surface area contributed by atoms with E-state index in [9.17, 15) is 19.3 Å². The molecule has 1 aromatic rings. The van der Waals surface area contributed by atoms with E-state index in [0.717, 1.165) is 4.57 Å². The van der Waals surface area contributed by atoms with E-state index >= 15 is 0 Å². The average Bonchev–Trinajstić information content (AvgIpc) is 3.30. The van der Waals surface area contributed by atoms with Gasteiger partial charge in [-0.05, 0) is 25.2 Å². The van der Waals surface area contributed by atoms with E-state index in [2.05, 4.69) is 11.9 Å². The molecule has 3 rings (SSSR count). The quantitative estimate of drug-likeness (QED) is 0.210. The number of H-pyrrole nitrogens is 1. The molecule has 1 aromatic heterocycles. The molecule has 8 atom stereocenters. The number of aromatic nitrogens is 2. The molecular weight excluding hydrogens is 577 g/mol. The van der Waals surface area contributed by atoms with Gasteiger partial charge in [-0.1, -0.05) is 6.20 Å². The maximum Gasteiger partial charge on any atom is 0.328 e. The molecule has 2 N–H and O–H groups in total. The summed E-state index contributed by atoms with van der Waals surface area (Å²) in [6, 6.07) is -0.598. The van der Waals surface area contributed by atoms with Crippen molar-refractivity contribution in [3.05, 3.63) is 39.5 Å². The molecule has 2 saturated heterocycles. The molecule has 204 valence electrons. The summed E-state index contributed by atoms with van der Waals surface area (Å²) in [7, 11) is 2.22. The normalized spacial score (nSPS) is 31.4. The number of nitrogens with one attached hydrogen (secondary N) is 1. The molecule has 36 heavy (non-hydrogen) atoms. The van der Waals surface area contributed by atoms with Crippen molar-refractivity contribution >= 4 is 33.7 Å². The molecule has 2 radical (unpaired) electrons. The monoisotopic (exact) mass is 607 g/mol. The molecule has 2 fully saturated rings. The molecule has 3 heterocycles. The van der Waals surface area contributed by atoms with Crippen LogP contribution in [0.25, 0.3) is 0 Å². The smallest absolute Gasteiger partial charge is 0.328 e. The van der Waals surface area contributed by atoms with Crippen LogP contribution in [0.2, 0.25) is 0 Å². The van der Waals surface area contributed by atoms with Crippen LogP contribution >= 0.6 is 14.1 Å². The second-order valence-corrected chi connectivity index (χ2v) is 14.4. The van der Waals surface area contributed by atoms with Gasteiger partial charge in [-0.15, -0.1) is 5.56 Å². The first-order valence-corrected chi connectivity index (χ1v) is 16.1. The summed E-state index contributed by atoms with van der Waals surface area (Å²) in [6.07, 6.45) is -2.05. The number of aliphatic hydroxyl groups is 1. The van der Waals surface area contributed by atoms with Crippen LogP contribution in [-0.2, 0) is 61.0 Å². The van der Waals surface area contributed by atoms with Gasteiger partial charge in [0.25, 0.3) is 0 Å². The van der Waals surface area contributed by atoms with Gasteiger partial charge >= 0.3 is 13.3 Å². The summed E-state index contributed by atoms with van der Waals surface area (Å²) in [6.45, 7) is 5.68. The minimum Gasteiger partial charge on any atom is -0.394 e. The van der Waals surface area contributed by atoms with Crippen molar-refractivity contribution in [3.8, 4) is 0 Å². The fourth-order valence-corrected chi connectivity index (χ4v) is 6.97. The molecule has 0 aliphatic carbocycles. The molecule has 17 heteroatoms. The molecule has 0 aromatic carbocycles. The maximum absolute atomic E-state index is 13.1. The van der Waals surface area contributed by atoms with E-state index in [0.29, 0.717) is 13.0 Å². The van der Waals surface area contributed by atoms with Gasteiger partial charge in [-0.2, -0.15) is 6.92 Å². The van der Waals surface area contributed by atoms with Crippen LogP contribution in [0.15, 0.2) is 15.8 Å². The van der Waals surface area contributed by atoms with E-state index in [4.69, 9.17) is 47.2 Å². The first kappa shape index (κ1) is 31.9. The number of ether oxygens (including phenoxy) is 2. The van der Waals surface area contributed by atoms with Crippen LogP contribution in [-0.4, -0.2) is 86.1 Å². The molecule has 0 spiro atoms. The van der Waals surface area contributed by atoms with Crippen molar-refractivity contribution in [1.29, 1.82) is 0 Å². The number of aliphatic hydroxyl groups excluding tert-OH is 1. The van der Waals surface area contributed by atoms with E-state index in [1.165, 1.54) is 12.9 Å². The Bertz CT molecular complexity index is 1110. The van der Waals surface area contributed by atoms with Gasteiger partial charge in [0.2, 0.25) is 0 Å². The van der Waals surface area contributed by atoms with Gasteiger partial charge in [0.15, 0.2) is 6.49 Å². The first-order valence-electron chi connectivity index (χ1n) is 11.0. The minimum atomic E-state index is -3.68. The van der Waals surface area contributed by atoms with Crippen LogP contribution in [0.3, 0.4) is 0 Å². The van der Waals surface area contributed by atoms with Crippen LogP contribution < -0.4 is 11.2 Å². The summed E-state index contributed by atoms with van der Waals surface area (Å²) in [5.74, 6) is 0. The van der Waals surface area contributed by atoms with Crippen LogP contribution in [0.5, 0.6) is 0 Å². The van der Waals surface area contributed by atoms with Gasteiger partial charge in [0.1, 0.15) is 31.8 Å². The summed E-state index contributed by atoms with van der Waals surface area (Å²) in [5, 5.41) is 9.72. The number of rotatable bonds is 11. The topological polar surface area (TPSA) is 148 Å². The van der Waals surface area contributed by atoms with E-state index < -0.39 is 68.6 Å². The molecule has 12 nitrogen and oxygen atoms in total. The maximum atomic E-state index is 13.1. The Balaban J connectivity index is 0.00000456. The van der Waals surface area contributed by atoms with Crippen molar-refractivity contribution in [2.45, 2.75) is 56.4 Å². The second-order valence-electron chi connectivity index (χ2n) is 8.36. The van der Waals surface area contributed by atoms with Crippen molar-refractivity contribution in [2.75, 3.05) is 33.2 Å². The fraction of sp³-hybridized carbons (Fsp3) is 0.737. The predicted molar refractivity (Wildman–Crippen MR) is 131 cm³/mol. The van der Waals surface area contributed by atoms with Crippen LogP contribution in [0.1, 0.15) is 31.6 Å². The second kappa shape index (κ2) is 13.2. The van der Waals surface area contributed by atoms with Gasteiger partial charge < -0.3 is 47.0 Å². The first-order chi connectivity index (χ1) is 16.3. The van der Waals surface area contributed by atoms with Crippen molar-refractivity contribution in [1.82, 2.24) is 9.55 Å².